The summed E-state index contributed by atoms with van der Waals surface area (Å²) >= 11 is 0. The Balaban J connectivity index is 2.19. The van der Waals surface area contributed by atoms with Gasteiger partial charge in [-0.15, -0.1) is 14.8 Å². The zero-order chi connectivity index (χ0) is 11.8. The highest BCUT2D eigenvalue weighted by Gasteiger charge is 2.14. The molecule has 5 heteroatoms. The summed E-state index contributed by atoms with van der Waals surface area (Å²) in [6.07, 6.45) is 0.837. The molecule has 0 spiro atoms. The fourth-order valence-electron chi connectivity index (χ4n) is 1.85. The quantitative estimate of drug-likeness (QED) is 0.702. The minimum absolute atomic E-state index is 0.642. The maximum Gasteiger partial charge on any atom is 0.179 e. The van der Waals surface area contributed by atoms with Gasteiger partial charge < -0.3 is 10.7 Å². The highest BCUT2D eigenvalue weighted by atomic mass is 15.5. The van der Waals surface area contributed by atoms with E-state index in [4.69, 9.17) is 5.73 Å². The van der Waals surface area contributed by atoms with E-state index in [0.29, 0.717) is 5.69 Å². The number of aromatic amines is 1. The molecule has 0 aliphatic carbocycles. The molecule has 0 fully saturated rings. The van der Waals surface area contributed by atoms with Crippen LogP contribution in [0.5, 0.6) is 0 Å². The summed E-state index contributed by atoms with van der Waals surface area (Å²) in [5, 5.41) is 8.71. The minimum atomic E-state index is 0.642. The number of fused-ring (bicyclic) bond motifs is 1. The highest BCUT2D eigenvalue weighted by molar-refractivity contribution is 5.82. The van der Waals surface area contributed by atoms with Crippen molar-refractivity contribution in [2.45, 2.75) is 13.3 Å². The third-order valence-corrected chi connectivity index (χ3v) is 2.77. The van der Waals surface area contributed by atoms with Crippen LogP contribution in [0.2, 0.25) is 0 Å². The Morgan fingerprint density at radius 1 is 1.24 bits per heavy atom. The summed E-state index contributed by atoms with van der Waals surface area (Å²) < 4.78 is 1.57. The van der Waals surface area contributed by atoms with Gasteiger partial charge in [0.1, 0.15) is 17.2 Å². The van der Waals surface area contributed by atoms with Crippen molar-refractivity contribution in [1.82, 2.24) is 19.8 Å². The third kappa shape index (κ3) is 1.47. The van der Waals surface area contributed by atoms with E-state index in [2.05, 4.69) is 15.2 Å². The average molecular weight is 227 g/mol. The number of nitrogens with one attached hydrogen (secondary N) is 1. The van der Waals surface area contributed by atoms with Crippen LogP contribution in [0, 0.1) is 0 Å². The van der Waals surface area contributed by atoms with Gasteiger partial charge in [-0.1, -0.05) is 37.3 Å². The first-order chi connectivity index (χ1) is 8.29. The Labute approximate surface area is 98.3 Å². The molecule has 17 heavy (non-hydrogen) atoms. The van der Waals surface area contributed by atoms with Gasteiger partial charge in [0.15, 0.2) is 5.65 Å². The second kappa shape index (κ2) is 3.62. The second-order valence-electron chi connectivity index (χ2n) is 3.89. The lowest BCUT2D eigenvalue weighted by Crippen LogP contribution is -1.91. The standard InChI is InChI=1S/C12H13N5/c1-2-9-14-12-10(13)11(16-17(12)15-9)8-6-4-3-5-7-8/h3-7H,2,13H2,1H3,(H,14,15). The molecule has 0 aliphatic heterocycles. The van der Waals surface area contributed by atoms with Gasteiger partial charge in [-0.3, -0.25) is 0 Å². The maximum absolute atomic E-state index is 6.08. The van der Waals surface area contributed by atoms with E-state index in [1.54, 1.807) is 4.63 Å². The molecule has 0 atom stereocenters. The Morgan fingerprint density at radius 3 is 2.65 bits per heavy atom. The molecule has 2 heterocycles. The first-order valence-electron chi connectivity index (χ1n) is 5.58. The van der Waals surface area contributed by atoms with Gasteiger partial charge in [-0.2, -0.15) is 0 Å². The topological polar surface area (TPSA) is 72.0 Å². The smallest absolute Gasteiger partial charge is 0.179 e. The molecule has 5 nitrogen and oxygen atoms in total. The first-order valence-corrected chi connectivity index (χ1v) is 5.58. The molecular weight excluding hydrogens is 214 g/mol. The molecule has 86 valence electrons. The lowest BCUT2D eigenvalue weighted by atomic mass is 10.1. The van der Waals surface area contributed by atoms with Gasteiger partial charge in [0.2, 0.25) is 0 Å². The number of nitrogen functional groups attached to an aromatic ring is 1. The van der Waals surface area contributed by atoms with Crippen LogP contribution in [0.3, 0.4) is 0 Å². The van der Waals surface area contributed by atoms with Crippen LogP contribution in [0.4, 0.5) is 5.69 Å². The Kier molecular flexibility index (Phi) is 2.11. The number of rotatable bonds is 2. The van der Waals surface area contributed by atoms with Crippen molar-refractivity contribution in [2.24, 2.45) is 0 Å². The van der Waals surface area contributed by atoms with Crippen molar-refractivity contribution < 1.29 is 0 Å². The Hall–Kier alpha value is -2.30. The van der Waals surface area contributed by atoms with Crippen LogP contribution in [-0.2, 0) is 6.42 Å². The second-order valence-corrected chi connectivity index (χ2v) is 3.89. The summed E-state index contributed by atoms with van der Waals surface area (Å²) in [5.41, 5.74) is 9.26. The van der Waals surface area contributed by atoms with Crippen molar-refractivity contribution in [3.63, 3.8) is 0 Å². The van der Waals surface area contributed by atoms with Crippen LogP contribution in [0.1, 0.15) is 12.7 Å². The molecule has 0 amide bonds. The van der Waals surface area contributed by atoms with Crippen molar-refractivity contribution >= 4 is 11.3 Å². The fourth-order valence-corrected chi connectivity index (χ4v) is 1.85. The Morgan fingerprint density at radius 2 is 2.00 bits per heavy atom. The van der Waals surface area contributed by atoms with Crippen molar-refractivity contribution in [2.75, 3.05) is 5.73 Å². The molecule has 1 aromatic carbocycles. The van der Waals surface area contributed by atoms with Gasteiger partial charge in [0.05, 0.1) is 0 Å². The van der Waals surface area contributed by atoms with Gasteiger partial charge in [-0.05, 0) is 0 Å². The lowest BCUT2D eigenvalue weighted by Gasteiger charge is -1.96. The summed E-state index contributed by atoms with van der Waals surface area (Å²) in [6.45, 7) is 2.03. The molecular formula is C12H13N5. The van der Waals surface area contributed by atoms with Gasteiger partial charge in [0, 0.05) is 12.0 Å². The van der Waals surface area contributed by atoms with E-state index in [-0.39, 0.29) is 0 Å². The molecule has 3 N–H and O–H groups in total. The number of benzene rings is 1. The molecule has 0 unspecified atom stereocenters. The van der Waals surface area contributed by atoms with Crippen molar-refractivity contribution in [1.29, 1.82) is 0 Å². The monoisotopic (exact) mass is 227 g/mol. The Bertz CT molecular complexity index is 650. The molecule has 2 aromatic heterocycles. The van der Waals surface area contributed by atoms with Gasteiger partial charge in [0.25, 0.3) is 0 Å². The van der Waals surface area contributed by atoms with Crippen LogP contribution in [-0.4, -0.2) is 19.8 Å². The molecule has 3 aromatic rings. The molecule has 0 bridgehead atoms. The zero-order valence-electron chi connectivity index (χ0n) is 9.51. The van der Waals surface area contributed by atoms with Gasteiger partial charge in [-0.25, -0.2) is 0 Å². The van der Waals surface area contributed by atoms with E-state index < -0.39 is 0 Å². The molecule has 0 saturated heterocycles. The number of nitrogens with two attached hydrogens (primary N) is 1. The van der Waals surface area contributed by atoms with Crippen molar-refractivity contribution in [3.8, 4) is 11.3 Å². The lowest BCUT2D eigenvalue weighted by molar-refractivity contribution is 0.792. The normalized spacial score (nSPS) is 11.1. The largest absolute Gasteiger partial charge is 0.394 e. The van der Waals surface area contributed by atoms with E-state index in [0.717, 1.165) is 29.1 Å². The molecule has 0 saturated carbocycles. The fraction of sp³-hybridized carbons (Fsp3) is 0.167. The number of aromatic nitrogens is 4. The van der Waals surface area contributed by atoms with Crippen LogP contribution < -0.4 is 5.73 Å². The predicted octanol–water partition coefficient (Wildman–Crippen LogP) is 1.87. The van der Waals surface area contributed by atoms with E-state index >= 15 is 0 Å². The number of aryl methyl sites for hydroxylation is 1. The number of hydrogen-bond acceptors (Lipinski definition) is 3. The van der Waals surface area contributed by atoms with Gasteiger partial charge >= 0.3 is 0 Å². The summed E-state index contributed by atoms with van der Waals surface area (Å²) in [4.78, 5) is 3.17. The summed E-state index contributed by atoms with van der Waals surface area (Å²) in [6, 6.07) is 9.87. The summed E-state index contributed by atoms with van der Waals surface area (Å²) in [5.74, 6) is 0.888. The van der Waals surface area contributed by atoms with Crippen LogP contribution in [0.25, 0.3) is 16.9 Å². The third-order valence-electron chi connectivity index (χ3n) is 2.77. The minimum Gasteiger partial charge on any atom is -0.394 e. The van der Waals surface area contributed by atoms with Crippen molar-refractivity contribution in [3.05, 3.63) is 36.2 Å². The van der Waals surface area contributed by atoms with Crippen LogP contribution in [0.15, 0.2) is 30.3 Å². The first kappa shape index (κ1) is 9.89. The number of H-pyrrole nitrogens is 1. The number of nitrogens with zero attached hydrogens (tertiary/aromatic N) is 3. The van der Waals surface area contributed by atoms with E-state index in [9.17, 15) is 0 Å². The predicted molar refractivity (Wildman–Crippen MR) is 66.6 cm³/mol. The average Bonchev–Trinajstić information content (AvgIpc) is 2.90. The number of hydrogen-bond donors (Lipinski definition) is 2. The van der Waals surface area contributed by atoms with Crippen LogP contribution >= 0.6 is 0 Å². The molecule has 0 radical (unpaired) electrons. The highest BCUT2D eigenvalue weighted by Crippen LogP contribution is 2.26. The number of anilines is 1. The summed E-state index contributed by atoms with van der Waals surface area (Å²) in [7, 11) is 0. The molecule has 0 aliphatic rings. The maximum atomic E-state index is 6.08. The SMILES string of the molecule is CCc1nn2nc(-c3ccccc3)c(N)c2[nH]1. The molecule has 3 rings (SSSR count). The zero-order valence-corrected chi connectivity index (χ0v) is 9.51. The van der Waals surface area contributed by atoms with E-state index in [1.165, 1.54) is 0 Å². The van der Waals surface area contributed by atoms with E-state index in [1.807, 2.05) is 37.3 Å².